The second kappa shape index (κ2) is 7.16. The summed E-state index contributed by atoms with van der Waals surface area (Å²) in [6.07, 6.45) is 0.836. The molecule has 0 aliphatic carbocycles. The van der Waals surface area contributed by atoms with Crippen LogP contribution in [-0.2, 0) is 4.74 Å². The summed E-state index contributed by atoms with van der Waals surface area (Å²) < 4.78 is 11.2. The number of ether oxygens (including phenoxy) is 2. The third-order valence-corrected chi connectivity index (χ3v) is 4.12. The van der Waals surface area contributed by atoms with Gasteiger partial charge in [-0.1, -0.05) is 24.3 Å². The highest BCUT2D eigenvalue weighted by Gasteiger charge is 2.26. The highest BCUT2D eigenvalue weighted by molar-refractivity contribution is 5.97. The van der Waals surface area contributed by atoms with Gasteiger partial charge in [0.1, 0.15) is 17.6 Å². The lowest BCUT2D eigenvalue weighted by Gasteiger charge is -2.24. The van der Waals surface area contributed by atoms with Gasteiger partial charge in [0.2, 0.25) is 0 Å². The van der Waals surface area contributed by atoms with Crippen LogP contribution in [0.5, 0.6) is 11.5 Å². The summed E-state index contributed by atoms with van der Waals surface area (Å²) in [6, 6.07) is 16.2. The van der Waals surface area contributed by atoms with Crippen LogP contribution in [0.15, 0.2) is 48.5 Å². The van der Waals surface area contributed by atoms with Crippen LogP contribution in [-0.4, -0.2) is 37.1 Å². The van der Waals surface area contributed by atoms with Gasteiger partial charge in [-0.25, -0.2) is 0 Å². The fourth-order valence-corrected chi connectivity index (χ4v) is 2.68. The van der Waals surface area contributed by atoms with E-state index in [2.05, 4.69) is 6.07 Å². The maximum absolute atomic E-state index is 12.8. The van der Waals surface area contributed by atoms with Crippen molar-refractivity contribution < 1.29 is 14.3 Å². The van der Waals surface area contributed by atoms with Gasteiger partial charge in [-0.3, -0.25) is 4.79 Å². The number of hydrogen-bond donors (Lipinski definition) is 0. The largest absolute Gasteiger partial charge is 0.455 e. The zero-order valence-corrected chi connectivity index (χ0v) is 13.4. The highest BCUT2D eigenvalue weighted by Crippen LogP contribution is 2.29. The van der Waals surface area contributed by atoms with Gasteiger partial charge in [0.05, 0.1) is 23.8 Å². The molecule has 1 heterocycles. The molecule has 1 saturated heterocycles. The van der Waals surface area contributed by atoms with Gasteiger partial charge < -0.3 is 14.4 Å². The quantitative estimate of drug-likeness (QED) is 0.867. The molecule has 2 aromatic rings. The maximum atomic E-state index is 12.8. The summed E-state index contributed by atoms with van der Waals surface area (Å²) in [5.74, 6) is 0.763. The zero-order valence-electron chi connectivity index (χ0n) is 13.4. The summed E-state index contributed by atoms with van der Waals surface area (Å²) in [7, 11) is 1.78. The van der Waals surface area contributed by atoms with Crippen LogP contribution in [0.2, 0.25) is 0 Å². The Morgan fingerprint density at radius 2 is 1.92 bits per heavy atom. The molecule has 0 saturated carbocycles. The molecule has 0 aromatic heterocycles. The van der Waals surface area contributed by atoms with Crippen LogP contribution in [0, 0.1) is 11.3 Å². The van der Waals surface area contributed by atoms with Gasteiger partial charge >= 0.3 is 0 Å². The average Bonchev–Trinajstić information content (AvgIpc) is 3.16. The predicted molar refractivity (Wildman–Crippen MR) is 89.0 cm³/mol. The normalized spacial score (nSPS) is 16.4. The van der Waals surface area contributed by atoms with E-state index in [-0.39, 0.29) is 11.9 Å². The van der Waals surface area contributed by atoms with Crippen LogP contribution in [0.25, 0.3) is 0 Å². The summed E-state index contributed by atoms with van der Waals surface area (Å²) in [5.41, 5.74) is 0.900. The van der Waals surface area contributed by atoms with E-state index in [9.17, 15) is 10.1 Å². The number of benzene rings is 2. The smallest absolute Gasteiger partial charge is 0.257 e. The lowest BCUT2D eigenvalue weighted by Crippen LogP contribution is -2.37. The number of para-hydroxylation sites is 2. The molecule has 0 N–H and O–H groups in total. The molecule has 122 valence electrons. The first-order valence-electron chi connectivity index (χ1n) is 7.81. The molecule has 0 unspecified atom stereocenters. The molecule has 5 heteroatoms. The topological polar surface area (TPSA) is 62.6 Å². The third-order valence-electron chi connectivity index (χ3n) is 4.12. The summed E-state index contributed by atoms with van der Waals surface area (Å²) in [5, 5.41) is 9.19. The molecule has 1 aliphatic rings. The van der Waals surface area contributed by atoms with Gasteiger partial charge in [0.15, 0.2) is 0 Å². The van der Waals surface area contributed by atoms with Crippen LogP contribution < -0.4 is 4.74 Å². The second-order valence-corrected chi connectivity index (χ2v) is 5.64. The molecule has 5 nitrogen and oxygen atoms in total. The van der Waals surface area contributed by atoms with E-state index in [0.29, 0.717) is 35.8 Å². The highest BCUT2D eigenvalue weighted by atomic mass is 16.5. The Balaban J connectivity index is 1.88. The third kappa shape index (κ3) is 3.24. The molecule has 1 amide bonds. The van der Waals surface area contributed by atoms with Gasteiger partial charge in [-0.15, -0.1) is 0 Å². The standard InChI is InChI=1S/C19H18N2O3/c1-21(15-10-11-23-13-15)19(22)16-7-3-5-9-18(16)24-17-8-4-2-6-14(17)12-20/h2-9,15H,10-11,13H2,1H3/t15-/m1/s1. The minimum Gasteiger partial charge on any atom is -0.455 e. The maximum Gasteiger partial charge on any atom is 0.257 e. The van der Waals surface area contributed by atoms with Crippen molar-refractivity contribution in [1.29, 1.82) is 5.26 Å². The molecular weight excluding hydrogens is 304 g/mol. The van der Waals surface area contributed by atoms with E-state index in [1.54, 1.807) is 60.5 Å². The van der Waals surface area contributed by atoms with Gasteiger partial charge in [-0.2, -0.15) is 5.26 Å². The fourth-order valence-electron chi connectivity index (χ4n) is 2.68. The van der Waals surface area contributed by atoms with E-state index in [1.165, 1.54) is 0 Å². The number of nitriles is 1. The van der Waals surface area contributed by atoms with E-state index < -0.39 is 0 Å². The second-order valence-electron chi connectivity index (χ2n) is 5.64. The molecule has 0 bridgehead atoms. The van der Waals surface area contributed by atoms with Crippen molar-refractivity contribution in [1.82, 2.24) is 4.90 Å². The Morgan fingerprint density at radius 1 is 1.21 bits per heavy atom. The van der Waals surface area contributed by atoms with Crippen LogP contribution >= 0.6 is 0 Å². The van der Waals surface area contributed by atoms with Gasteiger partial charge in [-0.05, 0) is 30.7 Å². The van der Waals surface area contributed by atoms with Gasteiger partial charge in [0.25, 0.3) is 5.91 Å². The Morgan fingerprint density at radius 3 is 2.62 bits per heavy atom. The Bertz CT molecular complexity index is 776. The number of carbonyl (C=O) groups is 1. The van der Waals surface area contributed by atoms with Crippen LogP contribution in [0.3, 0.4) is 0 Å². The number of likely N-dealkylation sites (N-methyl/N-ethyl adjacent to an activating group) is 1. The summed E-state index contributed by atoms with van der Waals surface area (Å²) in [4.78, 5) is 14.5. The van der Waals surface area contributed by atoms with Crippen LogP contribution in [0.4, 0.5) is 0 Å². The molecule has 0 radical (unpaired) electrons. The number of carbonyl (C=O) groups excluding carboxylic acids is 1. The number of amides is 1. The molecule has 0 spiro atoms. The van der Waals surface area contributed by atoms with Crippen molar-refractivity contribution in [2.45, 2.75) is 12.5 Å². The van der Waals surface area contributed by atoms with Crippen molar-refractivity contribution in [2.24, 2.45) is 0 Å². The molecule has 1 atom stereocenters. The summed E-state index contributed by atoms with van der Waals surface area (Å²) in [6.45, 7) is 1.23. The first-order valence-corrected chi connectivity index (χ1v) is 7.81. The molecule has 3 rings (SSSR count). The van der Waals surface area contributed by atoms with E-state index >= 15 is 0 Å². The van der Waals surface area contributed by atoms with Crippen molar-refractivity contribution >= 4 is 5.91 Å². The van der Waals surface area contributed by atoms with Gasteiger partial charge in [0, 0.05) is 13.7 Å². The Kier molecular flexibility index (Phi) is 4.78. The minimum atomic E-state index is -0.115. The molecular formula is C19H18N2O3. The fraction of sp³-hybridized carbons (Fsp3) is 0.263. The molecule has 1 aliphatic heterocycles. The summed E-state index contributed by atoms with van der Waals surface area (Å²) >= 11 is 0. The first kappa shape index (κ1) is 16.0. The number of nitrogens with zero attached hydrogens (tertiary/aromatic N) is 2. The van der Waals surface area contributed by atoms with Crippen LogP contribution in [0.1, 0.15) is 22.3 Å². The monoisotopic (exact) mass is 322 g/mol. The Hall–Kier alpha value is -2.84. The number of hydrogen-bond acceptors (Lipinski definition) is 4. The van der Waals surface area contributed by atoms with E-state index in [4.69, 9.17) is 9.47 Å². The Labute approximate surface area is 141 Å². The average molecular weight is 322 g/mol. The van der Waals surface area contributed by atoms with Crippen molar-refractivity contribution in [3.8, 4) is 17.6 Å². The minimum absolute atomic E-state index is 0.0805. The van der Waals surface area contributed by atoms with E-state index in [1.807, 2.05) is 0 Å². The van der Waals surface area contributed by atoms with Crippen molar-refractivity contribution in [3.05, 3.63) is 59.7 Å². The van der Waals surface area contributed by atoms with Crippen molar-refractivity contribution in [2.75, 3.05) is 20.3 Å². The lowest BCUT2D eigenvalue weighted by atomic mass is 10.1. The predicted octanol–water partition coefficient (Wildman–Crippen LogP) is 3.21. The SMILES string of the molecule is CN(C(=O)c1ccccc1Oc1ccccc1C#N)[C@@H]1CCOC1. The molecule has 1 fully saturated rings. The zero-order chi connectivity index (χ0) is 16.9. The number of rotatable bonds is 4. The van der Waals surface area contributed by atoms with E-state index in [0.717, 1.165) is 6.42 Å². The van der Waals surface area contributed by atoms with Crippen molar-refractivity contribution in [3.63, 3.8) is 0 Å². The first-order chi connectivity index (χ1) is 11.7. The lowest BCUT2D eigenvalue weighted by molar-refractivity contribution is 0.0708. The molecule has 24 heavy (non-hydrogen) atoms. The molecule has 2 aromatic carbocycles.